The number of hydrogen-bond acceptors (Lipinski definition) is 4. The van der Waals surface area contributed by atoms with Crippen LogP contribution in [-0.4, -0.2) is 25.1 Å². The van der Waals surface area contributed by atoms with Crippen LogP contribution in [0.2, 0.25) is 0 Å². The summed E-state index contributed by atoms with van der Waals surface area (Å²) < 4.78 is 18.6. The van der Waals surface area contributed by atoms with Crippen molar-refractivity contribution < 1.29 is 18.7 Å². The zero-order chi connectivity index (χ0) is 14.6. The molecule has 0 aliphatic carbocycles. The van der Waals surface area contributed by atoms with Gasteiger partial charge in [0.2, 0.25) is 0 Å². The van der Waals surface area contributed by atoms with E-state index < -0.39 is 23.9 Å². The van der Waals surface area contributed by atoms with Gasteiger partial charge in [0.05, 0.1) is 10.2 Å². The molecule has 0 fully saturated rings. The summed E-state index contributed by atoms with van der Waals surface area (Å²) in [6.07, 6.45) is -0.971. The van der Waals surface area contributed by atoms with Crippen LogP contribution in [-0.2, 0) is 4.79 Å². The van der Waals surface area contributed by atoms with E-state index in [0.717, 1.165) is 12.1 Å². The van der Waals surface area contributed by atoms with Crippen molar-refractivity contribution in [3.05, 3.63) is 22.4 Å². The van der Waals surface area contributed by atoms with Crippen LogP contribution in [0, 0.1) is 5.82 Å². The maximum Gasteiger partial charge on any atom is 0.321 e. The second-order valence-corrected chi connectivity index (χ2v) is 4.49. The molecule has 0 saturated carbocycles. The molecule has 1 aromatic carbocycles. The second kappa shape index (κ2) is 6.37. The Labute approximate surface area is 117 Å². The van der Waals surface area contributed by atoms with Crippen LogP contribution in [0.5, 0.6) is 5.75 Å². The zero-order valence-corrected chi connectivity index (χ0v) is 11.9. The Bertz CT molecular complexity index is 487. The summed E-state index contributed by atoms with van der Waals surface area (Å²) in [4.78, 5) is 22.6. The molecular weight excluding hydrogens is 321 g/mol. The minimum atomic E-state index is -0.971. The van der Waals surface area contributed by atoms with E-state index in [9.17, 15) is 14.0 Å². The maximum absolute atomic E-state index is 13.0. The van der Waals surface area contributed by atoms with E-state index >= 15 is 0 Å². The molecule has 6 nitrogen and oxygen atoms in total. The summed E-state index contributed by atoms with van der Waals surface area (Å²) in [5, 5.41) is 4.29. The molecule has 1 aromatic rings. The Morgan fingerprint density at radius 1 is 1.47 bits per heavy atom. The number of ether oxygens (including phenoxy) is 1. The third-order valence-electron chi connectivity index (χ3n) is 2.16. The highest BCUT2D eigenvalue weighted by molar-refractivity contribution is 9.10. The smallest absolute Gasteiger partial charge is 0.321 e. The summed E-state index contributed by atoms with van der Waals surface area (Å²) in [6.45, 7) is 1.44. The fourth-order valence-electron chi connectivity index (χ4n) is 1.21. The van der Waals surface area contributed by atoms with Crippen LogP contribution in [0.15, 0.2) is 16.6 Å². The average molecular weight is 334 g/mol. The average Bonchev–Trinajstić information content (AvgIpc) is 2.32. The van der Waals surface area contributed by atoms with Gasteiger partial charge in [-0.05, 0) is 28.9 Å². The van der Waals surface area contributed by atoms with Crippen molar-refractivity contribution in [2.45, 2.75) is 13.0 Å². The van der Waals surface area contributed by atoms with Crippen LogP contribution in [0.3, 0.4) is 0 Å². The van der Waals surface area contributed by atoms with Crippen molar-refractivity contribution in [1.82, 2.24) is 10.6 Å². The Morgan fingerprint density at radius 3 is 2.63 bits per heavy atom. The normalized spacial score (nSPS) is 11.6. The lowest BCUT2D eigenvalue weighted by atomic mass is 10.3. The molecule has 19 heavy (non-hydrogen) atoms. The van der Waals surface area contributed by atoms with E-state index in [1.54, 1.807) is 0 Å². The molecule has 8 heteroatoms. The number of urea groups is 1. The number of anilines is 1. The van der Waals surface area contributed by atoms with Gasteiger partial charge in [-0.15, -0.1) is 0 Å². The zero-order valence-electron chi connectivity index (χ0n) is 10.3. The molecule has 0 aromatic heterocycles. The van der Waals surface area contributed by atoms with E-state index in [2.05, 4.69) is 26.6 Å². The number of benzene rings is 1. The van der Waals surface area contributed by atoms with E-state index in [-0.39, 0.29) is 15.9 Å². The highest BCUT2D eigenvalue weighted by atomic mass is 79.9. The molecule has 104 valence electrons. The quantitative estimate of drug-likeness (QED) is 0.729. The molecule has 0 saturated heterocycles. The van der Waals surface area contributed by atoms with Gasteiger partial charge >= 0.3 is 6.03 Å². The number of nitrogens with two attached hydrogens (primary N) is 1. The van der Waals surface area contributed by atoms with Crippen LogP contribution in [0.25, 0.3) is 0 Å². The first-order valence-corrected chi connectivity index (χ1v) is 6.08. The van der Waals surface area contributed by atoms with E-state index in [4.69, 9.17) is 10.5 Å². The Hall–Kier alpha value is -1.83. The lowest BCUT2D eigenvalue weighted by Gasteiger charge is -2.16. The minimum Gasteiger partial charge on any atom is -0.478 e. The van der Waals surface area contributed by atoms with E-state index in [0.29, 0.717) is 0 Å². The van der Waals surface area contributed by atoms with Gasteiger partial charge in [-0.2, -0.15) is 0 Å². The molecule has 0 heterocycles. The predicted octanol–water partition coefficient (Wildman–Crippen LogP) is 1.39. The molecule has 3 amide bonds. The monoisotopic (exact) mass is 333 g/mol. The summed E-state index contributed by atoms with van der Waals surface area (Å²) in [7, 11) is 1.38. The van der Waals surface area contributed by atoms with Gasteiger partial charge in [0.25, 0.3) is 5.91 Å². The maximum atomic E-state index is 13.0. The number of carbonyl (C=O) groups excluding carboxylic acids is 2. The Morgan fingerprint density at radius 2 is 2.11 bits per heavy atom. The molecule has 0 bridgehead atoms. The van der Waals surface area contributed by atoms with Gasteiger partial charge < -0.3 is 15.8 Å². The number of hydrogen-bond donors (Lipinski definition) is 3. The first kappa shape index (κ1) is 15.2. The highest BCUT2D eigenvalue weighted by Gasteiger charge is 2.19. The van der Waals surface area contributed by atoms with Gasteiger partial charge in [-0.25, -0.2) is 9.18 Å². The molecule has 4 N–H and O–H groups in total. The number of imide groups is 1. The molecule has 0 aliphatic heterocycles. The standard InChI is InChI=1S/C11H13BrFN3O3/c1-5(10(17)16-11(18)15-2)19-9-7(12)3-6(13)4-8(9)14/h3-5H,14H2,1-2H3,(H2,15,16,17,18). The van der Waals surface area contributed by atoms with E-state index in [1.165, 1.54) is 14.0 Å². The Kier molecular flexibility index (Phi) is 5.11. The van der Waals surface area contributed by atoms with Gasteiger partial charge in [-0.3, -0.25) is 10.1 Å². The van der Waals surface area contributed by atoms with Crippen molar-refractivity contribution in [2.24, 2.45) is 0 Å². The van der Waals surface area contributed by atoms with Gasteiger partial charge in [0, 0.05) is 13.1 Å². The third-order valence-corrected chi connectivity index (χ3v) is 2.75. The largest absolute Gasteiger partial charge is 0.478 e. The number of nitrogen functional groups attached to an aromatic ring is 1. The first-order chi connectivity index (χ1) is 8.85. The predicted molar refractivity (Wildman–Crippen MR) is 71.2 cm³/mol. The van der Waals surface area contributed by atoms with Gasteiger partial charge in [0.1, 0.15) is 5.82 Å². The number of carbonyl (C=O) groups is 2. The molecule has 0 radical (unpaired) electrons. The topological polar surface area (TPSA) is 93.5 Å². The van der Waals surface area contributed by atoms with Gasteiger partial charge in [-0.1, -0.05) is 0 Å². The first-order valence-electron chi connectivity index (χ1n) is 5.29. The van der Waals surface area contributed by atoms with Crippen molar-refractivity contribution in [2.75, 3.05) is 12.8 Å². The van der Waals surface area contributed by atoms with Crippen LogP contribution < -0.4 is 21.1 Å². The summed E-state index contributed by atoms with van der Waals surface area (Å²) in [5.74, 6) is -1.03. The summed E-state index contributed by atoms with van der Waals surface area (Å²) >= 11 is 3.08. The second-order valence-electron chi connectivity index (χ2n) is 3.63. The summed E-state index contributed by atoms with van der Waals surface area (Å²) in [6, 6.07) is 1.59. The Balaban J connectivity index is 2.80. The lowest BCUT2D eigenvalue weighted by Crippen LogP contribution is -2.44. The molecule has 1 unspecified atom stereocenters. The number of rotatable bonds is 3. The van der Waals surface area contributed by atoms with Crippen molar-refractivity contribution in [3.63, 3.8) is 0 Å². The van der Waals surface area contributed by atoms with Crippen LogP contribution >= 0.6 is 15.9 Å². The molecule has 1 rings (SSSR count). The molecule has 1 atom stereocenters. The molecule has 0 spiro atoms. The highest BCUT2D eigenvalue weighted by Crippen LogP contribution is 2.33. The number of halogens is 2. The third kappa shape index (κ3) is 4.09. The summed E-state index contributed by atoms with van der Waals surface area (Å²) in [5.41, 5.74) is 5.64. The van der Waals surface area contributed by atoms with Crippen LogP contribution in [0.4, 0.5) is 14.9 Å². The fraction of sp³-hybridized carbons (Fsp3) is 0.273. The number of amides is 3. The lowest BCUT2D eigenvalue weighted by molar-refractivity contribution is -0.126. The molecular formula is C11H13BrFN3O3. The minimum absolute atomic E-state index is 0.0477. The van der Waals surface area contributed by atoms with Crippen molar-refractivity contribution >= 4 is 33.6 Å². The number of nitrogens with one attached hydrogen (secondary N) is 2. The van der Waals surface area contributed by atoms with Crippen molar-refractivity contribution in [3.8, 4) is 5.75 Å². The van der Waals surface area contributed by atoms with Crippen LogP contribution in [0.1, 0.15) is 6.92 Å². The fourth-order valence-corrected chi connectivity index (χ4v) is 1.75. The van der Waals surface area contributed by atoms with E-state index in [1.807, 2.05) is 0 Å². The van der Waals surface area contributed by atoms with Crippen molar-refractivity contribution in [1.29, 1.82) is 0 Å². The SMILES string of the molecule is CNC(=O)NC(=O)C(C)Oc1c(N)cc(F)cc1Br. The van der Waals surface area contributed by atoms with Gasteiger partial charge in [0.15, 0.2) is 11.9 Å². The molecule has 0 aliphatic rings.